The number of anilines is 1. The summed E-state index contributed by atoms with van der Waals surface area (Å²) in [6.45, 7) is 4.38. The van der Waals surface area contributed by atoms with E-state index in [1.165, 1.54) is 18.3 Å². The van der Waals surface area contributed by atoms with E-state index in [0.29, 0.717) is 12.3 Å². The van der Waals surface area contributed by atoms with Gasteiger partial charge in [0.1, 0.15) is 12.3 Å². The number of ether oxygens (including phenoxy) is 1. The third-order valence-corrected chi connectivity index (χ3v) is 7.09. The van der Waals surface area contributed by atoms with Crippen molar-refractivity contribution < 1.29 is 17.9 Å². The van der Waals surface area contributed by atoms with Gasteiger partial charge < -0.3 is 4.74 Å². The van der Waals surface area contributed by atoms with Crippen molar-refractivity contribution in [3.8, 4) is 5.75 Å². The van der Waals surface area contributed by atoms with Crippen molar-refractivity contribution in [1.82, 2.24) is 5.43 Å². The van der Waals surface area contributed by atoms with Gasteiger partial charge in [-0.1, -0.05) is 50.6 Å². The Hall–Kier alpha value is -3.65. The van der Waals surface area contributed by atoms with Gasteiger partial charge in [0.15, 0.2) is 0 Å². The Morgan fingerprint density at radius 2 is 1.66 bits per heavy atom. The highest BCUT2D eigenvalue weighted by atomic mass is 32.2. The van der Waals surface area contributed by atoms with Crippen LogP contribution in [0.1, 0.15) is 37.8 Å². The summed E-state index contributed by atoms with van der Waals surface area (Å²) in [5, 5.41) is 3.99. The van der Waals surface area contributed by atoms with Crippen LogP contribution < -0.4 is 14.5 Å². The molecule has 1 N–H and O–H groups in total. The van der Waals surface area contributed by atoms with E-state index in [2.05, 4.69) is 17.5 Å². The fraction of sp³-hybridized carbons (Fsp3) is 0.259. The number of nitrogens with zero attached hydrogens (tertiary/aromatic N) is 2. The lowest BCUT2D eigenvalue weighted by Crippen LogP contribution is -2.39. The first-order valence-corrected chi connectivity index (χ1v) is 13.1. The zero-order valence-corrected chi connectivity index (χ0v) is 20.9. The maximum Gasteiger partial charge on any atom is 0.264 e. The van der Waals surface area contributed by atoms with Crippen molar-refractivity contribution in [1.29, 1.82) is 0 Å². The second kappa shape index (κ2) is 12.7. The molecule has 0 atom stereocenters. The van der Waals surface area contributed by atoms with E-state index in [1.54, 1.807) is 30.3 Å². The summed E-state index contributed by atoms with van der Waals surface area (Å²) in [5.41, 5.74) is 4.68. The fourth-order valence-corrected chi connectivity index (χ4v) is 4.70. The van der Waals surface area contributed by atoms with E-state index in [-0.39, 0.29) is 4.90 Å². The van der Waals surface area contributed by atoms with Gasteiger partial charge >= 0.3 is 0 Å². The second-order valence-electron chi connectivity index (χ2n) is 7.91. The Labute approximate surface area is 207 Å². The van der Waals surface area contributed by atoms with Crippen LogP contribution in [0.3, 0.4) is 0 Å². The Morgan fingerprint density at radius 1 is 0.971 bits per heavy atom. The lowest BCUT2D eigenvalue weighted by molar-refractivity contribution is -0.119. The monoisotopic (exact) mass is 493 g/mol. The Morgan fingerprint density at radius 3 is 2.29 bits per heavy atom. The first-order valence-electron chi connectivity index (χ1n) is 11.7. The summed E-state index contributed by atoms with van der Waals surface area (Å²) in [4.78, 5) is 12.8. The number of carbonyl (C=O) groups is 1. The topological polar surface area (TPSA) is 88.1 Å². The summed E-state index contributed by atoms with van der Waals surface area (Å²) in [6, 6.07) is 22.5. The zero-order chi connectivity index (χ0) is 25.1. The number of hydrazone groups is 1. The lowest BCUT2D eigenvalue weighted by Gasteiger charge is -2.24. The van der Waals surface area contributed by atoms with Gasteiger partial charge in [0.2, 0.25) is 0 Å². The molecule has 1 amide bonds. The highest BCUT2D eigenvalue weighted by molar-refractivity contribution is 7.92. The Balaban J connectivity index is 1.70. The number of benzene rings is 3. The molecule has 0 radical (unpaired) electrons. The largest absolute Gasteiger partial charge is 0.494 e. The van der Waals surface area contributed by atoms with Gasteiger partial charge in [-0.15, -0.1) is 0 Å². The number of hydrogen-bond acceptors (Lipinski definition) is 5. The highest BCUT2D eigenvalue weighted by Crippen LogP contribution is 2.24. The Bertz CT molecular complexity index is 1210. The summed E-state index contributed by atoms with van der Waals surface area (Å²) < 4.78 is 33.4. The molecule has 8 heteroatoms. The van der Waals surface area contributed by atoms with E-state index >= 15 is 0 Å². The van der Waals surface area contributed by atoms with E-state index in [0.717, 1.165) is 40.4 Å². The van der Waals surface area contributed by atoms with Crippen LogP contribution in [0.2, 0.25) is 0 Å². The molecule has 0 aliphatic carbocycles. The van der Waals surface area contributed by atoms with Crippen LogP contribution in [0.25, 0.3) is 0 Å². The summed E-state index contributed by atoms with van der Waals surface area (Å²) in [6.07, 6.45) is 4.39. The van der Waals surface area contributed by atoms with Gasteiger partial charge in [-0.25, -0.2) is 13.8 Å². The first-order chi connectivity index (χ1) is 16.9. The van der Waals surface area contributed by atoms with Crippen LogP contribution in [0, 0.1) is 0 Å². The number of sulfonamides is 1. The van der Waals surface area contributed by atoms with Crippen LogP contribution in [0.5, 0.6) is 5.75 Å². The number of unbranched alkanes of at least 4 members (excludes halogenated alkanes) is 1. The number of carbonyl (C=O) groups excluding carboxylic acids is 1. The maximum absolute atomic E-state index is 13.3. The number of aryl methyl sites for hydroxylation is 1. The van der Waals surface area contributed by atoms with E-state index in [4.69, 9.17) is 4.74 Å². The molecule has 184 valence electrons. The molecule has 0 unspecified atom stereocenters. The molecule has 0 saturated carbocycles. The quantitative estimate of drug-likeness (QED) is 0.224. The lowest BCUT2D eigenvalue weighted by atomic mass is 10.1. The average Bonchev–Trinajstić information content (AvgIpc) is 2.89. The molecule has 3 aromatic carbocycles. The van der Waals surface area contributed by atoms with Crippen molar-refractivity contribution in [2.45, 2.75) is 38.0 Å². The Kier molecular flexibility index (Phi) is 9.43. The van der Waals surface area contributed by atoms with Gasteiger partial charge in [0.25, 0.3) is 15.9 Å². The number of amides is 1. The minimum atomic E-state index is -3.95. The van der Waals surface area contributed by atoms with Crippen molar-refractivity contribution in [3.05, 3.63) is 90.0 Å². The SMILES string of the molecule is CCCCOc1ccc(/C=N\NC(=O)CN(c2ccc(CC)cc2)S(=O)(=O)c2ccccc2)cc1. The molecule has 0 heterocycles. The molecule has 0 spiro atoms. The third kappa shape index (κ3) is 7.42. The first kappa shape index (κ1) is 26.0. The highest BCUT2D eigenvalue weighted by Gasteiger charge is 2.27. The average molecular weight is 494 g/mol. The fourth-order valence-electron chi connectivity index (χ4n) is 3.26. The van der Waals surface area contributed by atoms with Crippen LogP contribution in [0.15, 0.2) is 88.9 Å². The van der Waals surface area contributed by atoms with E-state index in [9.17, 15) is 13.2 Å². The molecule has 35 heavy (non-hydrogen) atoms. The van der Waals surface area contributed by atoms with Crippen LogP contribution >= 0.6 is 0 Å². The van der Waals surface area contributed by atoms with Gasteiger partial charge in [-0.05, 0) is 72.5 Å². The minimum absolute atomic E-state index is 0.108. The van der Waals surface area contributed by atoms with Crippen LogP contribution in [-0.4, -0.2) is 33.7 Å². The molecular weight excluding hydrogens is 462 g/mol. The van der Waals surface area contributed by atoms with Crippen LogP contribution in [-0.2, 0) is 21.2 Å². The number of hydrogen-bond donors (Lipinski definition) is 1. The second-order valence-corrected chi connectivity index (χ2v) is 9.77. The standard InChI is InChI=1S/C27H31N3O4S/c1-3-5-19-34-25-17-13-23(14-18-25)20-28-29-27(31)21-30(24-15-11-22(4-2)12-16-24)35(32,33)26-9-7-6-8-10-26/h6-18,20H,3-5,19,21H2,1-2H3,(H,29,31)/b28-20-. The molecule has 0 saturated heterocycles. The molecule has 3 rings (SSSR count). The normalized spacial score (nSPS) is 11.4. The van der Waals surface area contributed by atoms with Gasteiger partial charge in [0, 0.05) is 0 Å². The van der Waals surface area contributed by atoms with Crippen LogP contribution in [0.4, 0.5) is 5.69 Å². The summed E-state index contributed by atoms with van der Waals surface area (Å²) >= 11 is 0. The number of nitrogens with one attached hydrogen (secondary N) is 1. The molecule has 0 fully saturated rings. The molecule has 3 aromatic rings. The molecule has 0 aliphatic heterocycles. The molecule has 0 aliphatic rings. The van der Waals surface area contributed by atoms with Gasteiger partial charge in [-0.3, -0.25) is 9.10 Å². The minimum Gasteiger partial charge on any atom is -0.494 e. The zero-order valence-electron chi connectivity index (χ0n) is 20.1. The summed E-state index contributed by atoms with van der Waals surface area (Å²) in [5.74, 6) is 0.218. The summed E-state index contributed by atoms with van der Waals surface area (Å²) in [7, 11) is -3.95. The molecular formula is C27H31N3O4S. The predicted octanol–water partition coefficient (Wildman–Crippen LogP) is 4.77. The van der Waals surface area contributed by atoms with E-state index in [1.807, 2.05) is 43.3 Å². The van der Waals surface area contributed by atoms with Gasteiger partial charge in [-0.2, -0.15) is 5.10 Å². The third-order valence-electron chi connectivity index (χ3n) is 5.30. The van der Waals surface area contributed by atoms with Crippen molar-refractivity contribution in [2.24, 2.45) is 5.10 Å². The van der Waals surface area contributed by atoms with Crippen molar-refractivity contribution in [2.75, 3.05) is 17.5 Å². The molecule has 0 aromatic heterocycles. The number of rotatable bonds is 12. The predicted molar refractivity (Wildman–Crippen MR) is 139 cm³/mol. The maximum atomic E-state index is 13.3. The van der Waals surface area contributed by atoms with E-state index < -0.39 is 22.5 Å². The van der Waals surface area contributed by atoms with Crippen molar-refractivity contribution >= 4 is 27.8 Å². The molecule has 0 bridgehead atoms. The molecule has 7 nitrogen and oxygen atoms in total. The van der Waals surface area contributed by atoms with Crippen molar-refractivity contribution in [3.63, 3.8) is 0 Å². The smallest absolute Gasteiger partial charge is 0.264 e. The van der Waals surface area contributed by atoms with Gasteiger partial charge in [0.05, 0.1) is 23.4 Å².